The fourth-order valence-corrected chi connectivity index (χ4v) is 1.31. The summed E-state index contributed by atoms with van der Waals surface area (Å²) in [6, 6.07) is 0. The third kappa shape index (κ3) is 6.50. The zero-order valence-electron chi connectivity index (χ0n) is 10.9. The molecule has 0 saturated heterocycles. The highest BCUT2D eigenvalue weighted by molar-refractivity contribution is 5.68. The van der Waals surface area contributed by atoms with E-state index in [0.29, 0.717) is 5.41 Å². The highest BCUT2D eigenvalue weighted by Gasteiger charge is 2.27. The molecule has 0 heterocycles. The Bertz CT molecular complexity index is 216. The Labute approximate surface area is 93.5 Å². The van der Waals surface area contributed by atoms with Crippen molar-refractivity contribution in [2.45, 2.75) is 53.0 Å². The van der Waals surface area contributed by atoms with Crippen molar-refractivity contribution in [3.05, 3.63) is 0 Å². The van der Waals surface area contributed by atoms with Gasteiger partial charge < -0.3 is 10.0 Å². The molecule has 3 nitrogen and oxygen atoms in total. The zero-order valence-corrected chi connectivity index (χ0v) is 10.9. The Kier molecular flexibility index (Phi) is 4.78. The highest BCUT2D eigenvalue weighted by atomic mass is 16.4. The minimum absolute atomic E-state index is 0.188. The normalized spacial score (nSPS) is 13.3. The molecule has 0 bridgehead atoms. The summed E-state index contributed by atoms with van der Waals surface area (Å²) in [6.45, 7) is 11.5. The van der Waals surface area contributed by atoms with Gasteiger partial charge in [0.05, 0.1) is 6.42 Å². The summed E-state index contributed by atoms with van der Waals surface area (Å²) in [5, 5.41) is 8.80. The number of carbonyl (C=O) groups is 1. The molecule has 0 saturated carbocycles. The lowest BCUT2D eigenvalue weighted by atomic mass is 9.90. The van der Waals surface area contributed by atoms with Crippen LogP contribution in [0.25, 0.3) is 0 Å². The fraction of sp³-hybridized carbons (Fsp3) is 0.917. The van der Waals surface area contributed by atoms with Crippen LogP contribution in [0.3, 0.4) is 0 Å². The molecule has 0 spiro atoms. The molecule has 0 radical (unpaired) electrons. The van der Waals surface area contributed by atoms with Crippen LogP contribution in [0.2, 0.25) is 0 Å². The van der Waals surface area contributed by atoms with E-state index in [4.69, 9.17) is 5.11 Å². The van der Waals surface area contributed by atoms with Gasteiger partial charge in [0.2, 0.25) is 0 Å². The monoisotopic (exact) mass is 215 g/mol. The third-order valence-corrected chi connectivity index (χ3v) is 2.81. The number of carboxylic acids is 1. The maximum absolute atomic E-state index is 10.7. The van der Waals surface area contributed by atoms with Crippen LogP contribution in [-0.2, 0) is 4.79 Å². The SMILES string of the molecule is CN(CCC(C)(C)C)C(C)(C)CC(=O)O. The maximum atomic E-state index is 10.7. The molecule has 0 aliphatic carbocycles. The van der Waals surface area contributed by atoms with Gasteiger partial charge in [0.1, 0.15) is 0 Å². The molecular formula is C12H25NO2. The van der Waals surface area contributed by atoms with Gasteiger partial charge in [-0.05, 0) is 39.3 Å². The van der Waals surface area contributed by atoms with E-state index >= 15 is 0 Å². The van der Waals surface area contributed by atoms with Crippen LogP contribution >= 0.6 is 0 Å². The van der Waals surface area contributed by atoms with Crippen LogP contribution in [0, 0.1) is 5.41 Å². The van der Waals surface area contributed by atoms with Crippen LogP contribution in [0.5, 0.6) is 0 Å². The Morgan fingerprint density at radius 1 is 1.20 bits per heavy atom. The second-order valence-electron chi connectivity index (χ2n) is 6.12. The summed E-state index contributed by atoms with van der Waals surface area (Å²) in [6.07, 6.45) is 1.26. The highest BCUT2D eigenvalue weighted by Crippen LogP contribution is 2.23. The van der Waals surface area contributed by atoms with Gasteiger partial charge in [-0.1, -0.05) is 20.8 Å². The van der Waals surface area contributed by atoms with Crippen molar-refractivity contribution in [2.24, 2.45) is 5.41 Å². The van der Waals surface area contributed by atoms with Gasteiger partial charge in [-0.2, -0.15) is 0 Å². The molecule has 1 N–H and O–H groups in total. The minimum Gasteiger partial charge on any atom is -0.481 e. The lowest BCUT2D eigenvalue weighted by Crippen LogP contribution is -2.44. The molecule has 0 fully saturated rings. The van der Waals surface area contributed by atoms with Gasteiger partial charge >= 0.3 is 5.97 Å². The first-order chi connectivity index (χ1) is 6.54. The van der Waals surface area contributed by atoms with Crippen LogP contribution < -0.4 is 0 Å². The first kappa shape index (κ1) is 14.4. The average molecular weight is 215 g/mol. The molecule has 0 rings (SSSR count). The molecule has 3 heteroatoms. The predicted octanol–water partition coefficient (Wildman–Crippen LogP) is 2.61. The van der Waals surface area contributed by atoms with Crippen molar-refractivity contribution >= 4 is 5.97 Å². The van der Waals surface area contributed by atoms with Crippen molar-refractivity contribution in [3.8, 4) is 0 Å². The molecule has 0 amide bonds. The summed E-state index contributed by atoms with van der Waals surface area (Å²) in [5.74, 6) is -0.734. The number of rotatable bonds is 5. The maximum Gasteiger partial charge on any atom is 0.305 e. The largest absolute Gasteiger partial charge is 0.481 e. The molecule has 15 heavy (non-hydrogen) atoms. The second-order valence-corrected chi connectivity index (χ2v) is 6.12. The lowest BCUT2D eigenvalue weighted by Gasteiger charge is -2.36. The number of hydrogen-bond acceptors (Lipinski definition) is 2. The van der Waals surface area contributed by atoms with E-state index in [-0.39, 0.29) is 12.0 Å². The quantitative estimate of drug-likeness (QED) is 0.766. The van der Waals surface area contributed by atoms with Gasteiger partial charge in [-0.3, -0.25) is 4.79 Å². The Hall–Kier alpha value is -0.570. The van der Waals surface area contributed by atoms with E-state index in [1.165, 1.54) is 0 Å². The van der Waals surface area contributed by atoms with Crippen molar-refractivity contribution in [2.75, 3.05) is 13.6 Å². The topological polar surface area (TPSA) is 40.5 Å². The summed E-state index contributed by atoms with van der Waals surface area (Å²) in [7, 11) is 1.99. The molecule has 0 atom stereocenters. The smallest absolute Gasteiger partial charge is 0.305 e. The molecule has 0 aliphatic rings. The number of hydrogen-bond donors (Lipinski definition) is 1. The van der Waals surface area contributed by atoms with Crippen LogP contribution in [-0.4, -0.2) is 35.1 Å². The Morgan fingerprint density at radius 3 is 2.00 bits per heavy atom. The molecule has 0 unspecified atom stereocenters. The van der Waals surface area contributed by atoms with Crippen molar-refractivity contribution < 1.29 is 9.90 Å². The van der Waals surface area contributed by atoms with Crippen LogP contribution in [0.15, 0.2) is 0 Å². The summed E-state index contributed by atoms with van der Waals surface area (Å²) >= 11 is 0. The van der Waals surface area contributed by atoms with Gasteiger partial charge in [-0.25, -0.2) is 0 Å². The third-order valence-electron chi connectivity index (χ3n) is 2.81. The number of carboxylic acid groups (broad SMARTS) is 1. The van der Waals surface area contributed by atoms with E-state index in [1.807, 2.05) is 20.9 Å². The van der Waals surface area contributed by atoms with Crippen molar-refractivity contribution in [1.82, 2.24) is 4.90 Å². The molecule has 0 aliphatic heterocycles. The molecule has 0 aromatic heterocycles. The van der Waals surface area contributed by atoms with Gasteiger partial charge in [0.25, 0.3) is 0 Å². The van der Waals surface area contributed by atoms with Gasteiger partial charge in [-0.15, -0.1) is 0 Å². The zero-order chi connectivity index (χ0) is 12.3. The first-order valence-electron chi connectivity index (χ1n) is 5.48. The summed E-state index contributed by atoms with van der Waals surface area (Å²) < 4.78 is 0. The average Bonchev–Trinajstić information content (AvgIpc) is 1.95. The van der Waals surface area contributed by atoms with E-state index in [9.17, 15) is 4.79 Å². The first-order valence-corrected chi connectivity index (χ1v) is 5.48. The standard InChI is InChI=1S/C12H25NO2/c1-11(2,3)7-8-13(6)12(4,5)9-10(14)15/h7-9H2,1-6H3,(H,14,15). The minimum atomic E-state index is -0.734. The lowest BCUT2D eigenvalue weighted by molar-refractivity contribution is -0.139. The summed E-state index contributed by atoms with van der Waals surface area (Å²) in [5.41, 5.74) is 0.0324. The van der Waals surface area contributed by atoms with Crippen molar-refractivity contribution in [1.29, 1.82) is 0 Å². The molecular weight excluding hydrogens is 190 g/mol. The van der Waals surface area contributed by atoms with E-state index in [1.54, 1.807) is 0 Å². The predicted molar refractivity (Wildman–Crippen MR) is 63.0 cm³/mol. The Balaban J connectivity index is 4.19. The number of nitrogens with zero attached hydrogens (tertiary/aromatic N) is 1. The van der Waals surface area contributed by atoms with E-state index in [0.717, 1.165) is 13.0 Å². The van der Waals surface area contributed by atoms with Gasteiger partial charge in [0, 0.05) is 5.54 Å². The van der Waals surface area contributed by atoms with E-state index in [2.05, 4.69) is 25.7 Å². The summed E-state index contributed by atoms with van der Waals surface area (Å²) in [4.78, 5) is 12.8. The molecule has 0 aromatic rings. The second kappa shape index (κ2) is 4.97. The van der Waals surface area contributed by atoms with Gasteiger partial charge in [0.15, 0.2) is 0 Å². The van der Waals surface area contributed by atoms with E-state index < -0.39 is 5.97 Å². The Morgan fingerprint density at radius 2 is 1.67 bits per heavy atom. The molecule has 90 valence electrons. The molecule has 0 aromatic carbocycles. The van der Waals surface area contributed by atoms with Crippen LogP contribution in [0.1, 0.15) is 47.5 Å². The van der Waals surface area contributed by atoms with Crippen LogP contribution in [0.4, 0.5) is 0 Å². The fourth-order valence-electron chi connectivity index (χ4n) is 1.31. The number of aliphatic carboxylic acids is 1. The van der Waals surface area contributed by atoms with Crippen molar-refractivity contribution in [3.63, 3.8) is 0 Å².